The number of ketones is 1. The Morgan fingerprint density at radius 1 is 1.50 bits per heavy atom. The van der Waals surface area contributed by atoms with Crippen LogP contribution in [0, 0.1) is 0 Å². The van der Waals surface area contributed by atoms with Crippen LogP contribution in [0.1, 0.15) is 22.5 Å². The van der Waals surface area contributed by atoms with Gasteiger partial charge >= 0.3 is 0 Å². The summed E-state index contributed by atoms with van der Waals surface area (Å²) in [7, 11) is 2.02. The molecule has 0 aliphatic carbocycles. The first-order valence-electron chi connectivity index (χ1n) is 6.34. The average Bonchev–Trinajstić information content (AvgIpc) is 2.97. The summed E-state index contributed by atoms with van der Waals surface area (Å²) in [6.07, 6.45) is 2.65. The van der Waals surface area contributed by atoms with E-state index >= 15 is 0 Å². The maximum Gasteiger partial charge on any atom is 0.187 e. The molecule has 0 atom stereocenters. The highest BCUT2D eigenvalue weighted by molar-refractivity contribution is 9.10. The molecule has 0 aromatic carbocycles. The Labute approximate surface area is 121 Å². The van der Waals surface area contributed by atoms with Crippen LogP contribution in [0.2, 0.25) is 0 Å². The number of hydrogen-bond donors (Lipinski definition) is 0. The first-order chi connectivity index (χ1) is 8.66. The Balaban J connectivity index is 1.75. The van der Waals surface area contributed by atoms with E-state index in [9.17, 15) is 4.79 Å². The highest BCUT2D eigenvalue weighted by atomic mass is 79.9. The third-order valence-electron chi connectivity index (χ3n) is 3.28. The van der Waals surface area contributed by atoms with E-state index < -0.39 is 0 Å². The molecule has 0 unspecified atom stereocenters. The number of rotatable bonds is 6. The molecule has 0 saturated carbocycles. The molecule has 0 spiro atoms. The second kappa shape index (κ2) is 6.80. The van der Waals surface area contributed by atoms with Gasteiger partial charge in [-0.2, -0.15) is 0 Å². The van der Waals surface area contributed by atoms with E-state index in [4.69, 9.17) is 0 Å². The van der Waals surface area contributed by atoms with Crippen molar-refractivity contribution in [2.75, 3.05) is 39.8 Å². The summed E-state index contributed by atoms with van der Waals surface area (Å²) in [5.74, 6) is 0.209. The molecule has 100 valence electrons. The van der Waals surface area contributed by atoms with Gasteiger partial charge in [-0.15, -0.1) is 11.3 Å². The SMILES string of the molecule is CN(CCN1CCCC1)CC(=O)c1sccc1Br. The highest BCUT2D eigenvalue weighted by Crippen LogP contribution is 2.23. The molecule has 1 aliphatic rings. The molecule has 0 radical (unpaired) electrons. The lowest BCUT2D eigenvalue weighted by atomic mass is 10.3. The summed E-state index contributed by atoms with van der Waals surface area (Å²) in [5, 5.41) is 1.95. The van der Waals surface area contributed by atoms with Gasteiger partial charge in [0.2, 0.25) is 0 Å². The molecule has 3 nitrogen and oxygen atoms in total. The Morgan fingerprint density at radius 3 is 2.83 bits per heavy atom. The molecule has 5 heteroatoms. The standard InChI is InChI=1S/C13H19BrN2OS/c1-15(7-8-16-5-2-3-6-16)10-12(17)13-11(14)4-9-18-13/h4,9H,2-3,5-8,10H2,1H3. The number of carbonyl (C=O) groups excluding carboxylic acids is 1. The Bertz CT molecular complexity index is 401. The molecule has 1 aromatic heterocycles. The van der Waals surface area contributed by atoms with Gasteiger partial charge in [0.05, 0.1) is 11.4 Å². The molecule has 0 bridgehead atoms. The van der Waals surface area contributed by atoms with Crippen LogP contribution in [-0.4, -0.2) is 55.4 Å². The van der Waals surface area contributed by atoms with Crippen molar-refractivity contribution in [2.45, 2.75) is 12.8 Å². The number of likely N-dealkylation sites (tertiary alicyclic amines) is 1. The fourth-order valence-corrected chi connectivity index (χ4v) is 3.73. The van der Waals surface area contributed by atoms with Crippen LogP contribution in [-0.2, 0) is 0 Å². The van der Waals surface area contributed by atoms with Crippen LogP contribution in [0.25, 0.3) is 0 Å². The van der Waals surface area contributed by atoms with E-state index in [-0.39, 0.29) is 5.78 Å². The number of hydrogen-bond acceptors (Lipinski definition) is 4. The second-order valence-electron chi connectivity index (χ2n) is 4.81. The van der Waals surface area contributed by atoms with Crippen molar-refractivity contribution in [3.8, 4) is 0 Å². The van der Waals surface area contributed by atoms with Crippen LogP contribution in [0.15, 0.2) is 15.9 Å². The molecule has 2 rings (SSSR count). The Hall–Kier alpha value is -0.230. The average molecular weight is 331 g/mol. The summed E-state index contributed by atoms with van der Waals surface area (Å²) in [4.78, 5) is 17.5. The van der Waals surface area contributed by atoms with Gasteiger partial charge in [-0.3, -0.25) is 9.69 Å². The van der Waals surface area contributed by atoms with Gasteiger partial charge in [-0.25, -0.2) is 0 Å². The van der Waals surface area contributed by atoms with Gasteiger partial charge in [0.1, 0.15) is 0 Å². The summed E-state index contributed by atoms with van der Waals surface area (Å²) < 4.78 is 0.922. The van der Waals surface area contributed by atoms with E-state index in [0.717, 1.165) is 22.4 Å². The molecule has 2 heterocycles. The van der Waals surface area contributed by atoms with Crippen LogP contribution in [0.4, 0.5) is 0 Å². The van der Waals surface area contributed by atoms with E-state index in [1.165, 1.54) is 37.3 Å². The lowest BCUT2D eigenvalue weighted by Gasteiger charge is -2.20. The maximum absolute atomic E-state index is 12.1. The zero-order valence-electron chi connectivity index (χ0n) is 10.7. The minimum atomic E-state index is 0.209. The molecule has 1 fully saturated rings. The van der Waals surface area contributed by atoms with E-state index in [0.29, 0.717) is 6.54 Å². The van der Waals surface area contributed by atoms with Gasteiger partial charge in [0.25, 0.3) is 0 Å². The number of likely N-dealkylation sites (N-methyl/N-ethyl adjacent to an activating group) is 1. The molecule has 0 amide bonds. The van der Waals surface area contributed by atoms with E-state index in [2.05, 4.69) is 25.7 Å². The van der Waals surface area contributed by atoms with Crippen molar-refractivity contribution in [1.29, 1.82) is 0 Å². The predicted octanol–water partition coefficient (Wildman–Crippen LogP) is 2.72. The minimum Gasteiger partial charge on any atom is -0.302 e. The van der Waals surface area contributed by atoms with Crippen molar-refractivity contribution in [3.63, 3.8) is 0 Å². The van der Waals surface area contributed by atoms with Gasteiger partial charge in [0.15, 0.2) is 5.78 Å². The van der Waals surface area contributed by atoms with Gasteiger partial charge in [-0.1, -0.05) is 0 Å². The third kappa shape index (κ3) is 3.88. The molecule has 1 aromatic rings. The zero-order chi connectivity index (χ0) is 13.0. The molecule has 1 saturated heterocycles. The summed E-state index contributed by atoms with van der Waals surface area (Å²) in [6.45, 7) is 4.99. The Morgan fingerprint density at radius 2 is 2.22 bits per heavy atom. The van der Waals surface area contributed by atoms with Gasteiger partial charge < -0.3 is 4.90 Å². The fourth-order valence-electron chi connectivity index (χ4n) is 2.21. The molecular formula is C13H19BrN2OS. The monoisotopic (exact) mass is 330 g/mol. The summed E-state index contributed by atoms with van der Waals surface area (Å²) in [5.41, 5.74) is 0. The number of carbonyl (C=O) groups is 1. The summed E-state index contributed by atoms with van der Waals surface area (Å²) >= 11 is 4.92. The minimum absolute atomic E-state index is 0.209. The molecular weight excluding hydrogens is 312 g/mol. The smallest absolute Gasteiger partial charge is 0.187 e. The first kappa shape index (κ1) is 14.2. The number of nitrogens with zero attached hydrogens (tertiary/aromatic N) is 2. The molecule has 1 aliphatic heterocycles. The van der Waals surface area contributed by atoms with Crippen molar-refractivity contribution < 1.29 is 4.79 Å². The third-order valence-corrected chi connectivity index (χ3v) is 5.16. The second-order valence-corrected chi connectivity index (χ2v) is 6.58. The van der Waals surface area contributed by atoms with Crippen LogP contribution in [0.3, 0.4) is 0 Å². The van der Waals surface area contributed by atoms with Crippen LogP contribution >= 0.6 is 27.3 Å². The van der Waals surface area contributed by atoms with Crippen molar-refractivity contribution in [2.24, 2.45) is 0 Å². The highest BCUT2D eigenvalue weighted by Gasteiger charge is 2.15. The topological polar surface area (TPSA) is 23.6 Å². The number of Topliss-reactive ketones (excluding diaryl/α,β-unsaturated/α-hetero) is 1. The normalized spacial score (nSPS) is 16.6. The van der Waals surface area contributed by atoms with E-state index in [1.54, 1.807) is 0 Å². The lowest BCUT2D eigenvalue weighted by molar-refractivity contribution is 0.0944. The lowest BCUT2D eigenvalue weighted by Crippen LogP contribution is -2.34. The van der Waals surface area contributed by atoms with Gasteiger partial charge in [0, 0.05) is 17.6 Å². The number of halogens is 1. The predicted molar refractivity (Wildman–Crippen MR) is 79.5 cm³/mol. The quantitative estimate of drug-likeness (QED) is 0.749. The fraction of sp³-hybridized carbons (Fsp3) is 0.615. The van der Waals surface area contributed by atoms with Crippen molar-refractivity contribution in [3.05, 3.63) is 20.8 Å². The van der Waals surface area contributed by atoms with Crippen LogP contribution in [0.5, 0.6) is 0 Å². The Kier molecular flexibility index (Phi) is 5.36. The molecule has 0 N–H and O–H groups in total. The maximum atomic E-state index is 12.1. The van der Waals surface area contributed by atoms with Crippen LogP contribution < -0.4 is 0 Å². The number of thiophene rings is 1. The van der Waals surface area contributed by atoms with Crippen molar-refractivity contribution in [1.82, 2.24) is 9.80 Å². The largest absolute Gasteiger partial charge is 0.302 e. The van der Waals surface area contributed by atoms with E-state index in [1.807, 2.05) is 18.5 Å². The van der Waals surface area contributed by atoms with Gasteiger partial charge in [-0.05, 0) is 60.4 Å². The zero-order valence-corrected chi connectivity index (χ0v) is 13.1. The summed E-state index contributed by atoms with van der Waals surface area (Å²) in [6, 6.07) is 1.93. The first-order valence-corrected chi connectivity index (χ1v) is 8.01. The molecule has 18 heavy (non-hydrogen) atoms. The van der Waals surface area contributed by atoms with Crippen molar-refractivity contribution >= 4 is 33.0 Å².